The quantitative estimate of drug-likeness (QED) is 0.784. The monoisotopic (exact) mass is 288 g/mol. The van der Waals surface area contributed by atoms with Crippen molar-refractivity contribution in [3.63, 3.8) is 0 Å². The Morgan fingerprint density at radius 2 is 1.67 bits per heavy atom. The molecular formula is C16H17FN2O2. The molecule has 0 heterocycles. The molecule has 5 heteroatoms. The Kier molecular flexibility index (Phi) is 4.90. The van der Waals surface area contributed by atoms with Crippen molar-refractivity contribution >= 4 is 5.91 Å². The average molecular weight is 288 g/mol. The van der Waals surface area contributed by atoms with E-state index in [9.17, 15) is 14.3 Å². The molecular weight excluding hydrogens is 271 g/mol. The zero-order valence-corrected chi connectivity index (χ0v) is 11.4. The molecule has 2 aromatic carbocycles. The van der Waals surface area contributed by atoms with Crippen LogP contribution in [0.4, 0.5) is 4.39 Å². The van der Waals surface area contributed by atoms with Crippen LogP contribution in [-0.2, 0) is 17.8 Å². The van der Waals surface area contributed by atoms with Gasteiger partial charge in [0.05, 0.1) is 6.04 Å². The van der Waals surface area contributed by atoms with Crippen LogP contribution in [0.5, 0.6) is 5.75 Å². The predicted octanol–water partition coefficient (Wildman–Crippen LogP) is 1.72. The molecule has 0 aliphatic heterocycles. The Bertz CT molecular complexity index is 597. The van der Waals surface area contributed by atoms with Gasteiger partial charge in [-0.3, -0.25) is 4.79 Å². The molecule has 0 unspecified atom stereocenters. The largest absolute Gasteiger partial charge is 0.508 e. The van der Waals surface area contributed by atoms with Gasteiger partial charge in [-0.1, -0.05) is 24.3 Å². The second kappa shape index (κ2) is 6.85. The van der Waals surface area contributed by atoms with Gasteiger partial charge in [-0.05, 0) is 41.8 Å². The van der Waals surface area contributed by atoms with Gasteiger partial charge in [0.25, 0.3) is 0 Å². The summed E-state index contributed by atoms with van der Waals surface area (Å²) in [4.78, 5) is 11.9. The lowest BCUT2D eigenvalue weighted by molar-refractivity contribution is -0.122. The molecule has 0 saturated carbocycles. The number of carbonyl (C=O) groups is 1. The maximum Gasteiger partial charge on any atom is 0.237 e. The van der Waals surface area contributed by atoms with Gasteiger partial charge in [-0.25, -0.2) is 4.39 Å². The van der Waals surface area contributed by atoms with Crippen molar-refractivity contribution in [3.8, 4) is 5.75 Å². The first-order valence-corrected chi connectivity index (χ1v) is 6.60. The Balaban J connectivity index is 1.84. The number of nitrogens with two attached hydrogens (primary N) is 1. The molecule has 2 rings (SSSR count). The summed E-state index contributed by atoms with van der Waals surface area (Å²) in [7, 11) is 0. The average Bonchev–Trinajstić information content (AvgIpc) is 2.48. The number of carbonyl (C=O) groups excluding carboxylic acids is 1. The Morgan fingerprint density at radius 3 is 2.29 bits per heavy atom. The summed E-state index contributed by atoms with van der Waals surface area (Å²) >= 11 is 0. The summed E-state index contributed by atoms with van der Waals surface area (Å²) in [6.45, 7) is 0.308. The molecule has 2 aromatic rings. The van der Waals surface area contributed by atoms with Gasteiger partial charge >= 0.3 is 0 Å². The lowest BCUT2D eigenvalue weighted by atomic mass is 10.1. The Labute approximate surface area is 122 Å². The second-order valence-corrected chi connectivity index (χ2v) is 4.82. The SMILES string of the molecule is N[C@H](Cc1ccc(O)cc1)C(=O)NCc1ccc(F)cc1. The molecule has 1 amide bonds. The Morgan fingerprint density at radius 1 is 1.10 bits per heavy atom. The number of hydrogen-bond acceptors (Lipinski definition) is 3. The number of hydrogen-bond donors (Lipinski definition) is 3. The summed E-state index contributed by atoms with van der Waals surface area (Å²) in [5, 5.41) is 11.9. The minimum Gasteiger partial charge on any atom is -0.508 e. The molecule has 0 aliphatic carbocycles. The van der Waals surface area contributed by atoms with Crippen LogP contribution in [0.2, 0.25) is 0 Å². The molecule has 0 spiro atoms. The summed E-state index contributed by atoms with van der Waals surface area (Å²) in [5.41, 5.74) is 7.52. The minimum absolute atomic E-state index is 0.174. The summed E-state index contributed by atoms with van der Waals surface area (Å²) in [6.07, 6.45) is 0.384. The number of halogens is 1. The molecule has 0 aromatic heterocycles. The highest BCUT2D eigenvalue weighted by molar-refractivity contribution is 5.81. The fourth-order valence-electron chi connectivity index (χ4n) is 1.90. The molecule has 4 N–H and O–H groups in total. The lowest BCUT2D eigenvalue weighted by Crippen LogP contribution is -2.41. The number of amides is 1. The third kappa shape index (κ3) is 4.57. The van der Waals surface area contributed by atoms with Gasteiger partial charge in [0.1, 0.15) is 11.6 Å². The highest BCUT2D eigenvalue weighted by Gasteiger charge is 2.13. The van der Waals surface area contributed by atoms with Crippen molar-refractivity contribution in [2.45, 2.75) is 19.0 Å². The molecule has 4 nitrogen and oxygen atoms in total. The minimum atomic E-state index is -0.671. The van der Waals surface area contributed by atoms with E-state index >= 15 is 0 Å². The zero-order valence-electron chi connectivity index (χ0n) is 11.4. The van der Waals surface area contributed by atoms with Gasteiger partial charge < -0.3 is 16.2 Å². The summed E-state index contributed by atoms with van der Waals surface area (Å²) < 4.78 is 12.8. The van der Waals surface area contributed by atoms with E-state index in [0.717, 1.165) is 11.1 Å². The van der Waals surface area contributed by atoms with Crippen LogP contribution >= 0.6 is 0 Å². The van der Waals surface area contributed by atoms with E-state index in [1.165, 1.54) is 12.1 Å². The van der Waals surface area contributed by atoms with E-state index in [0.29, 0.717) is 13.0 Å². The maximum absolute atomic E-state index is 12.8. The number of phenolic OH excluding ortho intramolecular Hbond substituents is 1. The molecule has 1 atom stereocenters. The van der Waals surface area contributed by atoms with Crippen LogP contribution in [0.25, 0.3) is 0 Å². The standard InChI is InChI=1S/C16H17FN2O2/c17-13-5-1-12(2-6-13)10-19-16(21)15(18)9-11-3-7-14(20)8-4-11/h1-8,15,20H,9-10,18H2,(H,19,21)/t15-/m1/s1. The van der Waals surface area contributed by atoms with Crippen molar-refractivity contribution in [1.82, 2.24) is 5.32 Å². The van der Waals surface area contributed by atoms with Crippen LogP contribution in [0.15, 0.2) is 48.5 Å². The van der Waals surface area contributed by atoms with Crippen molar-refractivity contribution in [2.75, 3.05) is 0 Å². The number of phenols is 1. The van der Waals surface area contributed by atoms with E-state index in [-0.39, 0.29) is 17.5 Å². The van der Waals surface area contributed by atoms with Gasteiger partial charge in [0.15, 0.2) is 0 Å². The second-order valence-electron chi connectivity index (χ2n) is 4.82. The van der Waals surface area contributed by atoms with Crippen LogP contribution in [0.1, 0.15) is 11.1 Å². The molecule has 110 valence electrons. The van der Waals surface area contributed by atoms with Gasteiger partial charge in [-0.2, -0.15) is 0 Å². The molecule has 21 heavy (non-hydrogen) atoms. The zero-order chi connectivity index (χ0) is 15.2. The van der Waals surface area contributed by atoms with E-state index in [2.05, 4.69) is 5.32 Å². The molecule has 0 fully saturated rings. The van der Waals surface area contributed by atoms with E-state index < -0.39 is 6.04 Å². The maximum atomic E-state index is 12.8. The van der Waals surface area contributed by atoms with Crippen molar-refractivity contribution in [2.24, 2.45) is 5.73 Å². The first-order chi connectivity index (χ1) is 10.0. The Hall–Kier alpha value is -2.40. The molecule has 0 aliphatic rings. The molecule has 0 saturated heterocycles. The topological polar surface area (TPSA) is 75.3 Å². The summed E-state index contributed by atoms with van der Waals surface area (Å²) in [6, 6.07) is 11.8. The van der Waals surface area contributed by atoms with Gasteiger partial charge in [0.2, 0.25) is 5.91 Å². The summed E-state index contributed by atoms with van der Waals surface area (Å²) in [5.74, 6) is -0.408. The fourth-order valence-corrected chi connectivity index (χ4v) is 1.90. The van der Waals surface area contributed by atoms with Crippen LogP contribution in [0, 0.1) is 5.82 Å². The smallest absolute Gasteiger partial charge is 0.237 e. The van der Waals surface area contributed by atoms with Crippen LogP contribution in [0.3, 0.4) is 0 Å². The third-order valence-electron chi connectivity index (χ3n) is 3.11. The van der Waals surface area contributed by atoms with E-state index in [4.69, 9.17) is 5.73 Å². The van der Waals surface area contributed by atoms with Crippen LogP contribution < -0.4 is 11.1 Å². The highest BCUT2D eigenvalue weighted by Crippen LogP contribution is 2.11. The lowest BCUT2D eigenvalue weighted by Gasteiger charge is -2.12. The number of aromatic hydroxyl groups is 1. The molecule has 0 bridgehead atoms. The first-order valence-electron chi connectivity index (χ1n) is 6.60. The number of benzene rings is 2. The van der Waals surface area contributed by atoms with Gasteiger partial charge in [0, 0.05) is 6.54 Å². The number of rotatable bonds is 5. The van der Waals surface area contributed by atoms with E-state index in [1.54, 1.807) is 36.4 Å². The fraction of sp³-hybridized carbons (Fsp3) is 0.188. The predicted molar refractivity (Wildman–Crippen MR) is 78.0 cm³/mol. The third-order valence-corrected chi connectivity index (χ3v) is 3.11. The van der Waals surface area contributed by atoms with Crippen molar-refractivity contribution < 1.29 is 14.3 Å². The van der Waals surface area contributed by atoms with Crippen molar-refractivity contribution in [3.05, 3.63) is 65.5 Å². The van der Waals surface area contributed by atoms with Crippen molar-refractivity contribution in [1.29, 1.82) is 0 Å². The highest BCUT2D eigenvalue weighted by atomic mass is 19.1. The van der Waals surface area contributed by atoms with Crippen LogP contribution in [-0.4, -0.2) is 17.1 Å². The normalized spacial score (nSPS) is 11.9. The van der Waals surface area contributed by atoms with Gasteiger partial charge in [-0.15, -0.1) is 0 Å². The molecule has 0 radical (unpaired) electrons. The van der Waals surface area contributed by atoms with E-state index in [1.807, 2.05) is 0 Å². The number of nitrogens with one attached hydrogen (secondary N) is 1. The first kappa shape index (κ1) is 15.0.